The minimum Gasteiger partial charge on any atom is -0.261 e. The summed E-state index contributed by atoms with van der Waals surface area (Å²) in [7, 11) is 2.64. The molecule has 6 heteroatoms. The standard InChI is InChI=1S/C16H40Si4.Al.ClH/c1-17(2,3)15(18(4,5)6)13-14-16(19(7,8)9)20(10,11)12;;/h13-14H2,1-12H3;;1H/q;+1;/p-1. The predicted octanol–water partition coefficient (Wildman–Crippen LogP) is 7.00. The highest BCUT2D eigenvalue weighted by atomic mass is 35.6. The molecular formula is C16H40AlClSi4. The van der Waals surface area contributed by atoms with Gasteiger partial charge in [0.05, 0.1) is 0 Å². The van der Waals surface area contributed by atoms with E-state index in [1.807, 2.05) is 0 Å². The van der Waals surface area contributed by atoms with Crippen molar-refractivity contribution in [2.45, 2.75) is 98.5 Å². The molecule has 1 rings (SSSR count). The Morgan fingerprint density at radius 2 is 0.727 bits per heavy atom. The molecule has 1 aliphatic heterocycles. The van der Waals surface area contributed by atoms with E-state index in [0.717, 1.165) is 0 Å². The van der Waals surface area contributed by atoms with Gasteiger partial charge in [-0.1, -0.05) is 98.5 Å². The number of hydrogen-bond acceptors (Lipinski definition) is 0. The van der Waals surface area contributed by atoms with Gasteiger partial charge in [-0.15, -0.1) is 0 Å². The molecule has 1 saturated heterocycles. The fourth-order valence-corrected chi connectivity index (χ4v) is 58.8. The third-order valence-electron chi connectivity index (χ3n) is 7.13. The molecule has 0 aliphatic carbocycles. The zero-order chi connectivity index (χ0) is 18.0. The van der Waals surface area contributed by atoms with E-state index in [1.54, 1.807) is 0 Å². The predicted molar refractivity (Wildman–Crippen MR) is 120 cm³/mol. The lowest BCUT2D eigenvalue weighted by atomic mass is 10.4. The van der Waals surface area contributed by atoms with Crippen LogP contribution in [0.1, 0.15) is 12.8 Å². The van der Waals surface area contributed by atoms with Crippen molar-refractivity contribution in [3.63, 3.8) is 0 Å². The van der Waals surface area contributed by atoms with Crippen LogP contribution in [0.2, 0.25) is 85.6 Å². The van der Waals surface area contributed by atoms with Crippen molar-refractivity contribution in [3.8, 4) is 0 Å². The van der Waals surface area contributed by atoms with E-state index in [9.17, 15) is 0 Å². The Hall–Kier alpha value is 1.69. The Morgan fingerprint density at radius 1 is 0.545 bits per heavy atom. The minimum atomic E-state index is -1.33. The lowest BCUT2D eigenvalue weighted by Gasteiger charge is -2.56. The smallest absolute Gasteiger partial charge is 0.261 e. The molecule has 0 aromatic rings. The SMILES string of the molecule is C[Si](C)(C)[C]1([Si](C)(C)C)CC[C]([Si](C)(C)C)([Si](C)(C)C)[Al]1[Cl]. The van der Waals surface area contributed by atoms with Gasteiger partial charge in [-0.2, -0.15) is 0 Å². The van der Waals surface area contributed by atoms with Gasteiger partial charge in [0.1, 0.15) is 0 Å². The Morgan fingerprint density at radius 3 is 0.818 bits per heavy atom. The van der Waals surface area contributed by atoms with E-state index < -0.39 is 45.5 Å². The fraction of sp³-hybridized carbons (Fsp3) is 1.00. The van der Waals surface area contributed by atoms with Gasteiger partial charge in [-0.05, 0) is 0 Å². The molecule has 0 N–H and O–H groups in total. The van der Waals surface area contributed by atoms with Crippen LogP contribution in [0.15, 0.2) is 0 Å². The van der Waals surface area contributed by atoms with E-state index in [2.05, 4.69) is 78.6 Å². The first-order valence-corrected chi connectivity index (χ1v) is 25.9. The molecule has 0 atom stereocenters. The minimum absolute atomic E-state index is 0.627. The zero-order valence-corrected chi connectivity index (χ0v) is 23.3. The van der Waals surface area contributed by atoms with Crippen LogP contribution in [-0.2, 0) is 0 Å². The maximum atomic E-state index is 7.77. The Balaban J connectivity index is 3.68. The van der Waals surface area contributed by atoms with Gasteiger partial charge in [-0.25, -0.2) is 0 Å². The number of rotatable bonds is 4. The molecule has 0 amide bonds. The van der Waals surface area contributed by atoms with E-state index in [4.69, 9.17) is 10.0 Å². The topological polar surface area (TPSA) is 0 Å². The van der Waals surface area contributed by atoms with Crippen molar-refractivity contribution >= 4 is 55.6 Å². The summed E-state index contributed by atoms with van der Waals surface area (Å²) in [6.07, 6.45) is 2.96. The third-order valence-corrected chi connectivity index (χ3v) is 48.4. The van der Waals surface area contributed by atoms with Gasteiger partial charge in [0.15, 0.2) is 0 Å². The average Bonchev–Trinajstić information content (AvgIpc) is 2.49. The van der Waals surface area contributed by atoms with Gasteiger partial charge >= 0.3 is 13.2 Å². The summed E-state index contributed by atoms with van der Waals surface area (Å²) >= 11 is -1.33. The van der Waals surface area contributed by atoms with Crippen LogP contribution >= 0.6 is 10.0 Å². The maximum Gasteiger partial charge on any atom is 0.401 e. The van der Waals surface area contributed by atoms with E-state index in [-0.39, 0.29) is 0 Å². The molecule has 0 bridgehead atoms. The molecule has 1 aliphatic rings. The number of hydrogen-bond donors (Lipinski definition) is 0. The molecule has 1 fully saturated rings. The second-order valence-electron chi connectivity index (χ2n) is 11.8. The van der Waals surface area contributed by atoms with Gasteiger partial charge in [0, 0.05) is 32.3 Å². The van der Waals surface area contributed by atoms with Crippen LogP contribution in [-0.4, -0.2) is 45.5 Å². The third kappa shape index (κ3) is 2.89. The molecule has 0 spiro atoms. The lowest BCUT2D eigenvalue weighted by Crippen LogP contribution is -2.66. The van der Waals surface area contributed by atoms with Crippen molar-refractivity contribution < 1.29 is 0 Å². The van der Waals surface area contributed by atoms with Gasteiger partial charge in [0.25, 0.3) is 0 Å². The summed E-state index contributed by atoms with van der Waals surface area (Å²) in [5.41, 5.74) is 0. The summed E-state index contributed by atoms with van der Waals surface area (Å²) in [6, 6.07) is 0. The Kier molecular flexibility index (Phi) is 5.79. The van der Waals surface area contributed by atoms with Crippen LogP contribution in [0, 0.1) is 0 Å². The molecule has 0 radical (unpaired) electrons. The molecule has 130 valence electrons. The summed E-state index contributed by atoms with van der Waals surface area (Å²) in [6.45, 7) is 31.6. The Bertz CT molecular complexity index is 355. The molecule has 0 aromatic carbocycles. The molecule has 0 nitrogen and oxygen atoms in total. The van der Waals surface area contributed by atoms with Crippen LogP contribution < -0.4 is 0 Å². The van der Waals surface area contributed by atoms with Crippen LogP contribution in [0.3, 0.4) is 0 Å². The van der Waals surface area contributed by atoms with Crippen molar-refractivity contribution in [3.05, 3.63) is 0 Å². The monoisotopic (exact) mass is 406 g/mol. The molecule has 0 aromatic heterocycles. The fourth-order valence-electron chi connectivity index (χ4n) is 6.34. The quantitative estimate of drug-likeness (QED) is 0.440. The zero-order valence-electron chi connectivity index (χ0n) is 17.4. The average molecular weight is 407 g/mol. The summed E-state index contributed by atoms with van der Waals surface area (Å²) < 4.78 is 1.25. The van der Waals surface area contributed by atoms with Gasteiger partial charge in [-0.3, -0.25) is 10.0 Å². The second kappa shape index (κ2) is 5.86. The number of halogens is 1. The highest BCUT2D eigenvalue weighted by Crippen LogP contribution is 2.71. The van der Waals surface area contributed by atoms with E-state index >= 15 is 0 Å². The van der Waals surface area contributed by atoms with Crippen LogP contribution in [0.5, 0.6) is 0 Å². The van der Waals surface area contributed by atoms with Gasteiger partial charge < -0.3 is 0 Å². The highest BCUT2D eigenvalue weighted by Gasteiger charge is 2.74. The van der Waals surface area contributed by atoms with Gasteiger partial charge in [0.2, 0.25) is 0 Å². The lowest BCUT2D eigenvalue weighted by molar-refractivity contribution is 0.763. The van der Waals surface area contributed by atoms with Crippen molar-refractivity contribution in [2.24, 2.45) is 0 Å². The first-order valence-electron chi connectivity index (χ1n) is 9.00. The van der Waals surface area contributed by atoms with Crippen LogP contribution in [0.4, 0.5) is 0 Å². The Labute approximate surface area is 153 Å². The normalized spacial score (nSPS) is 23.0. The van der Waals surface area contributed by atoms with E-state index in [0.29, 0.717) is 7.05 Å². The molecule has 0 unspecified atom stereocenters. The highest BCUT2D eigenvalue weighted by molar-refractivity contribution is 7.34. The maximum absolute atomic E-state index is 7.77. The molecular weight excluding hydrogens is 367 g/mol. The largest absolute Gasteiger partial charge is 0.401 e. The second-order valence-corrected chi connectivity index (χ2v) is 40.7. The van der Waals surface area contributed by atoms with Crippen molar-refractivity contribution in [1.29, 1.82) is 0 Å². The van der Waals surface area contributed by atoms with Crippen LogP contribution in [0.25, 0.3) is 0 Å². The van der Waals surface area contributed by atoms with Crippen molar-refractivity contribution in [1.82, 2.24) is 0 Å². The first-order chi connectivity index (χ1) is 9.36. The first kappa shape index (κ1) is 21.7. The van der Waals surface area contributed by atoms with E-state index in [1.165, 1.54) is 12.8 Å². The molecule has 22 heavy (non-hydrogen) atoms. The summed E-state index contributed by atoms with van der Waals surface area (Å²) in [4.78, 5) is 0. The molecule has 1 heterocycles. The molecule has 0 saturated carbocycles. The van der Waals surface area contributed by atoms with Crippen molar-refractivity contribution in [2.75, 3.05) is 0 Å². The summed E-state index contributed by atoms with van der Waals surface area (Å²) in [5.74, 6) is 0. The summed E-state index contributed by atoms with van der Waals surface area (Å²) in [5, 5.41) is 0.